The van der Waals surface area contributed by atoms with E-state index in [1.807, 2.05) is 0 Å². The number of rotatable bonds is 6. The summed E-state index contributed by atoms with van der Waals surface area (Å²) in [5, 5.41) is 12.2. The van der Waals surface area contributed by atoms with Crippen LogP contribution < -0.4 is 5.32 Å². The summed E-state index contributed by atoms with van der Waals surface area (Å²) in [7, 11) is 0. The van der Waals surface area contributed by atoms with Crippen LogP contribution in [0.15, 0.2) is 24.3 Å². The molecule has 0 bridgehead atoms. The van der Waals surface area contributed by atoms with E-state index < -0.39 is 11.4 Å². The summed E-state index contributed by atoms with van der Waals surface area (Å²) < 4.78 is 12.8. The monoisotopic (exact) mass is 307 g/mol. The SMILES string of the molecule is O=C(CCc1ccc(F)cc1)NCC1(C(=O)O)CCCCC1. The number of carboxylic acid groups (broad SMARTS) is 1. The zero-order chi connectivity index (χ0) is 16.0. The standard InChI is InChI=1S/C17H22FNO3/c18-14-7-4-13(5-8-14)6-9-15(20)19-12-17(16(21)22)10-2-1-3-11-17/h4-5,7-8H,1-3,6,9-12H2,(H,19,20)(H,21,22). The van der Waals surface area contributed by atoms with Crippen LogP contribution in [0.2, 0.25) is 0 Å². The lowest BCUT2D eigenvalue weighted by atomic mass is 9.74. The summed E-state index contributed by atoms with van der Waals surface area (Å²) in [6.07, 6.45) is 4.91. The van der Waals surface area contributed by atoms with Crippen LogP contribution in [-0.4, -0.2) is 23.5 Å². The molecule has 120 valence electrons. The molecular weight excluding hydrogens is 285 g/mol. The predicted octanol–water partition coefficient (Wildman–Crippen LogP) is 2.91. The molecule has 2 N–H and O–H groups in total. The minimum Gasteiger partial charge on any atom is -0.481 e. The number of carbonyl (C=O) groups is 2. The highest BCUT2D eigenvalue weighted by Gasteiger charge is 2.39. The molecule has 0 radical (unpaired) electrons. The Kier molecular flexibility index (Phi) is 5.52. The van der Waals surface area contributed by atoms with E-state index in [2.05, 4.69) is 5.32 Å². The number of hydrogen-bond acceptors (Lipinski definition) is 2. The molecule has 1 fully saturated rings. The van der Waals surface area contributed by atoms with Crippen molar-refractivity contribution in [3.8, 4) is 0 Å². The Morgan fingerprint density at radius 3 is 2.36 bits per heavy atom. The number of nitrogens with one attached hydrogen (secondary N) is 1. The Balaban J connectivity index is 1.81. The second kappa shape index (κ2) is 7.38. The van der Waals surface area contributed by atoms with Crippen molar-refractivity contribution >= 4 is 11.9 Å². The zero-order valence-electron chi connectivity index (χ0n) is 12.6. The number of carbonyl (C=O) groups excluding carboxylic acids is 1. The smallest absolute Gasteiger partial charge is 0.311 e. The van der Waals surface area contributed by atoms with E-state index in [4.69, 9.17) is 0 Å². The first-order valence-electron chi connectivity index (χ1n) is 7.76. The molecule has 5 heteroatoms. The molecular formula is C17H22FNO3. The van der Waals surface area contributed by atoms with Gasteiger partial charge in [0.05, 0.1) is 5.41 Å². The first-order chi connectivity index (χ1) is 10.5. The third-order valence-corrected chi connectivity index (χ3v) is 4.44. The topological polar surface area (TPSA) is 66.4 Å². The fraction of sp³-hybridized carbons (Fsp3) is 0.529. The van der Waals surface area contributed by atoms with Gasteiger partial charge in [0.1, 0.15) is 5.82 Å². The summed E-state index contributed by atoms with van der Waals surface area (Å²) in [4.78, 5) is 23.4. The van der Waals surface area contributed by atoms with Crippen molar-refractivity contribution in [2.75, 3.05) is 6.54 Å². The first-order valence-corrected chi connectivity index (χ1v) is 7.76. The maximum atomic E-state index is 12.8. The van der Waals surface area contributed by atoms with Crippen LogP contribution in [0.3, 0.4) is 0 Å². The molecule has 1 aliphatic carbocycles. The van der Waals surface area contributed by atoms with Gasteiger partial charge in [-0.2, -0.15) is 0 Å². The molecule has 4 nitrogen and oxygen atoms in total. The van der Waals surface area contributed by atoms with Gasteiger partial charge >= 0.3 is 5.97 Å². The molecule has 0 spiro atoms. The third-order valence-electron chi connectivity index (χ3n) is 4.44. The van der Waals surface area contributed by atoms with Crippen molar-refractivity contribution in [2.45, 2.75) is 44.9 Å². The molecule has 22 heavy (non-hydrogen) atoms. The van der Waals surface area contributed by atoms with E-state index >= 15 is 0 Å². The van der Waals surface area contributed by atoms with Crippen LogP contribution in [-0.2, 0) is 16.0 Å². The molecule has 0 aliphatic heterocycles. The second-order valence-electron chi connectivity index (χ2n) is 6.05. The van der Waals surface area contributed by atoms with Crippen LogP contribution in [0.4, 0.5) is 4.39 Å². The Hall–Kier alpha value is -1.91. The fourth-order valence-electron chi connectivity index (χ4n) is 2.96. The number of amides is 1. The highest BCUT2D eigenvalue weighted by molar-refractivity contribution is 5.79. The summed E-state index contributed by atoms with van der Waals surface area (Å²) in [5.41, 5.74) is 0.0891. The maximum Gasteiger partial charge on any atom is 0.311 e. The van der Waals surface area contributed by atoms with Crippen molar-refractivity contribution in [1.29, 1.82) is 0 Å². The number of benzene rings is 1. The summed E-state index contributed by atoms with van der Waals surface area (Å²) in [5.74, 6) is -1.27. The van der Waals surface area contributed by atoms with Gasteiger partial charge in [-0.1, -0.05) is 31.4 Å². The van der Waals surface area contributed by atoms with Crippen molar-refractivity contribution in [3.63, 3.8) is 0 Å². The van der Waals surface area contributed by atoms with Crippen molar-refractivity contribution in [2.24, 2.45) is 5.41 Å². The Morgan fingerprint density at radius 2 is 1.77 bits per heavy atom. The molecule has 2 rings (SSSR count). The molecule has 0 unspecified atom stereocenters. The predicted molar refractivity (Wildman–Crippen MR) is 80.9 cm³/mol. The Labute approximate surface area is 129 Å². The Bertz CT molecular complexity index is 521. The highest BCUT2D eigenvalue weighted by Crippen LogP contribution is 2.36. The molecule has 0 heterocycles. The fourth-order valence-corrected chi connectivity index (χ4v) is 2.96. The lowest BCUT2D eigenvalue weighted by Gasteiger charge is -2.33. The minimum atomic E-state index is -0.814. The number of hydrogen-bond donors (Lipinski definition) is 2. The van der Waals surface area contributed by atoms with E-state index in [-0.39, 0.29) is 24.7 Å². The van der Waals surface area contributed by atoms with Gasteiger partial charge < -0.3 is 10.4 Å². The van der Waals surface area contributed by atoms with Crippen molar-refractivity contribution in [1.82, 2.24) is 5.32 Å². The number of aliphatic carboxylic acids is 1. The quantitative estimate of drug-likeness (QED) is 0.849. The molecule has 1 aliphatic rings. The van der Waals surface area contributed by atoms with Crippen LogP contribution in [0.5, 0.6) is 0 Å². The van der Waals surface area contributed by atoms with Crippen LogP contribution >= 0.6 is 0 Å². The lowest BCUT2D eigenvalue weighted by molar-refractivity contribution is -0.151. The zero-order valence-corrected chi connectivity index (χ0v) is 12.6. The van der Waals surface area contributed by atoms with Crippen LogP contribution in [0.1, 0.15) is 44.1 Å². The largest absolute Gasteiger partial charge is 0.481 e. The average molecular weight is 307 g/mol. The minimum absolute atomic E-state index is 0.157. The van der Waals surface area contributed by atoms with E-state index in [1.165, 1.54) is 12.1 Å². The molecule has 0 aromatic heterocycles. The summed E-state index contributed by atoms with van der Waals surface area (Å²) in [6, 6.07) is 6.05. The van der Waals surface area contributed by atoms with Gasteiger partial charge in [-0.05, 0) is 37.0 Å². The van der Waals surface area contributed by atoms with E-state index in [0.29, 0.717) is 19.3 Å². The molecule has 0 saturated heterocycles. The van der Waals surface area contributed by atoms with Crippen LogP contribution in [0, 0.1) is 11.2 Å². The van der Waals surface area contributed by atoms with Gasteiger partial charge in [0.15, 0.2) is 0 Å². The normalized spacial score (nSPS) is 17.0. The highest BCUT2D eigenvalue weighted by atomic mass is 19.1. The van der Waals surface area contributed by atoms with Gasteiger partial charge in [0, 0.05) is 13.0 Å². The Morgan fingerprint density at radius 1 is 1.14 bits per heavy atom. The second-order valence-corrected chi connectivity index (χ2v) is 6.05. The van der Waals surface area contributed by atoms with Crippen molar-refractivity contribution in [3.05, 3.63) is 35.6 Å². The van der Waals surface area contributed by atoms with Crippen molar-refractivity contribution < 1.29 is 19.1 Å². The molecule has 1 saturated carbocycles. The van der Waals surface area contributed by atoms with Gasteiger partial charge in [-0.15, -0.1) is 0 Å². The third kappa shape index (κ3) is 4.29. The summed E-state index contributed by atoms with van der Waals surface area (Å²) in [6.45, 7) is 0.199. The van der Waals surface area contributed by atoms with Gasteiger partial charge in [-0.25, -0.2) is 4.39 Å². The summed E-state index contributed by atoms with van der Waals surface area (Å²) >= 11 is 0. The van der Waals surface area contributed by atoms with Crippen LogP contribution in [0.25, 0.3) is 0 Å². The molecule has 0 atom stereocenters. The van der Waals surface area contributed by atoms with E-state index in [1.54, 1.807) is 12.1 Å². The van der Waals surface area contributed by atoms with Gasteiger partial charge in [0.25, 0.3) is 0 Å². The first kappa shape index (κ1) is 16.5. The van der Waals surface area contributed by atoms with Gasteiger partial charge in [0.2, 0.25) is 5.91 Å². The molecule has 1 aromatic carbocycles. The van der Waals surface area contributed by atoms with E-state index in [9.17, 15) is 19.1 Å². The van der Waals surface area contributed by atoms with E-state index in [0.717, 1.165) is 24.8 Å². The van der Waals surface area contributed by atoms with Gasteiger partial charge in [-0.3, -0.25) is 9.59 Å². The molecule has 1 amide bonds. The molecule has 1 aromatic rings. The number of carboxylic acids is 1. The average Bonchev–Trinajstić information content (AvgIpc) is 2.53. The number of aryl methyl sites for hydroxylation is 1. The number of halogens is 1. The lowest BCUT2D eigenvalue weighted by Crippen LogP contribution is -2.44. The maximum absolute atomic E-state index is 12.8.